The topological polar surface area (TPSA) is 42.3 Å². The van der Waals surface area contributed by atoms with Crippen LogP contribution in [0.1, 0.15) is 32.6 Å². The van der Waals surface area contributed by atoms with E-state index < -0.39 is 0 Å². The number of hydrogen-bond donors (Lipinski definition) is 1. The maximum atomic E-state index is 5.40. The zero-order valence-electron chi connectivity index (χ0n) is 14.8. The van der Waals surface area contributed by atoms with Crippen molar-refractivity contribution in [2.24, 2.45) is 0 Å². The summed E-state index contributed by atoms with van der Waals surface area (Å²) < 4.78 is 7.75. The quantitative estimate of drug-likeness (QED) is 0.716. The lowest BCUT2D eigenvalue weighted by molar-refractivity contribution is 0.0378. The van der Waals surface area contributed by atoms with E-state index in [1.807, 2.05) is 0 Å². The van der Waals surface area contributed by atoms with Crippen LogP contribution < -0.4 is 5.32 Å². The number of anilines is 1. The third-order valence-corrected chi connectivity index (χ3v) is 4.68. The van der Waals surface area contributed by atoms with E-state index >= 15 is 0 Å². The SMILES string of the molecule is CCCCCn1c(NCCCN2CCOCC2)nc2ccccc21. The number of imidazole rings is 1. The Kier molecular flexibility index (Phi) is 6.49. The van der Waals surface area contributed by atoms with Crippen molar-refractivity contribution >= 4 is 17.0 Å². The van der Waals surface area contributed by atoms with Crippen molar-refractivity contribution in [1.82, 2.24) is 14.5 Å². The molecule has 0 bridgehead atoms. The van der Waals surface area contributed by atoms with E-state index in [2.05, 4.69) is 46.0 Å². The highest BCUT2D eigenvalue weighted by Gasteiger charge is 2.11. The predicted octanol–water partition coefficient (Wildman–Crippen LogP) is 3.36. The number of aryl methyl sites for hydroxylation is 1. The first kappa shape index (κ1) is 17.2. The molecule has 0 unspecified atom stereocenters. The third kappa shape index (κ3) is 4.48. The van der Waals surface area contributed by atoms with Gasteiger partial charge in [0.1, 0.15) is 0 Å². The Bertz CT molecular complexity index is 619. The Morgan fingerprint density at radius 2 is 1.92 bits per heavy atom. The van der Waals surface area contributed by atoms with Gasteiger partial charge in [-0.1, -0.05) is 31.9 Å². The van der Waals surface area contributed by atoms with Crippen LogP contribution in [0.3, 0.4) is 0 Å². The number of hydrogen-bond acceptors (Lipinski definition) is 4. The number of rotatable bonds is 9. The molecule has 2 aromatic rings. The molecule has 0 saturated carbocycles. The van der Waals surface area contributed by atoms with Crippen LogP contribution in [-0.2, 0) is 11.3 Å². The molecule has 5 heteroatoms. The van der Waals surface area contributed by atoms with Crippen LogP contribution in [-0.4, -0.2) is 53.8 Å². The zero-order chi connectivity index (χ0) is 16.6. The molecule has 0 spiro atoms. The van der Waals surface area contributed by atoms with E-state index in [1.165, 1.54) is 24.8 Å². The lowest BCUT2D eigenvalue weighted by Gasteiger charge is -2.26. The van der Waals surface area contributed by atoms with Gasteiger partial charge in [-0.3, -0.25) is 4.90 Å². The van der Waals surface area contributed by atoms with E-state index in [0.29, 0.717) is 0 Å². The van der Waals surface area contributed by atoms with Crippen LogP contribution in [0.4, 0.5) is 5.95 Å². The number of benzene rings is 1. The molecule has 1 aromatic heterocycles. The Hall–Kier alpha value is -1.59. The highest BCUT2D eigenvalue weighted by Crippen LogP contribution is 2.20. The van der Waals surface area contributed by atoms with Gasteiger partial charge in [0, 0.05) is 26.2 Å². The van der Waals surface area contributed by atoms with Gasteiger partial charge in [-0.15, -0.1) is 0 Å². The lowest BCUT2D eigenvalue weighted by Crippen LogP contribution is -2.37. The molecule has 3 rings (SSSR count). The van der Waals surface area contributed by atoms with Crippen molar-refractivity contribution in [3.8, 4) is 0 Å². The maximum absolute atomic E-state index is 5.40. The largest absolute Gasteiger partial charge is 0.379 e. The molecule has 0 amide bonds. The van der Waals surface area contributed by atoms with Gasteiger partial charge in [-0.2, -0.15) is 0 Å². The van der Waals surface area contributed by atoms with Crippen LogP contribution in [0.2, 0.25) is 0 Å². The highest BCUT2D eigenvalue weighted by atomic mass is 16.5. The minimum absolute atomic E-state index is 0.876. The maximum Gasteiger partial charge on any atom is 0.203 e. The Balaban J connectivity index is 1.57. The lowest BCUT2D eigenvalue weighted by atomic mass is 10.2. The number of ether oxygens (including phenoxy) is 1. The van der Waals surface area contributed by atoms with Gasteiger partial charge in [0.25, 0.3) is 0 Å². The molecular weight excluding hydrogens is 300 g/mol. The molecule has 132 valence electrons. The first-order valence-electron chi connectivity index (χ1n) is 9.37. The molecule has 0 atom stereocenters. The van der Waals surface area contributed by atoms with Gasteiger partial charge >= 0.3 is 0 Å². The third-order valence-electron chi connectivity index (χ3n) is 4.68. The second-order valence-electron chi connectivity index (χ2n) is 6.52. The number of unbranched alkanes of at least 4 members (excludes halogenated alkanes) is 2. The average molecular weight is 330 g/mol. The second kappa shape index (κ2) is 9.04. The number of morpholine rings is 1. The van der Waals surface area contributed by atoms with Gasteiger partial charge < -0.3 is 14.6 Å². The van der Waals surface area contributed by atoms with Crippen LogP contribution in [0, 0.1) is 0 Å². The summed E-state index contributed by atoms with van der Waals surface area (Å²) in [6, 6.07) is 8.44. The first-order valence-corrected chi connectivity index (χ1v) is 9.37. The zero-order valence-corrected chi connectivity index (χ0v) is 14.8. The first-order chi connectivity index (χ1) is 11.9. The Morgan fingerprint density at radius 1 is 1.08 bits per heavy atom. The monoisotopic (exact) mass is 330 g/mol. The number of fused-ring (bicyclic) bond motifs is 1. The summed E-state index contributed by atoms with van der Waals surface area (Å²) in [5, 5.41) is 3.56. The number of para-hydroxylation sites is 2. The molecule has 1 aliphatic heterocycles. The summed E-state index contributed by atoms with van der Waals surface area (Å²) in [6.07, 6.45) is 4.86. The van der Waals surface area contributed by atoms with E-state index in [1.54, 1.807) is 0 Å². The van der Waals surface area contributed by atoms with Crippen LogP contribution in [0.15, 0.2) is 24.3 Å². The number of nitrogens with zero attached hydrogens (tertiary/aromatic N) is 3. The molecule has 0 aliphatic carbocycles. The summed E-state index contributed by atoms with van der Waals surface area (Å²) in [5.41, 5.74) is 2.33. The van der Waals surface area contributed by atoms with Gasteiger partial charge in [0.2, 0.25) is 5.95 Å². The van der Waals surface area contributed by atoms with Gasteiger partial charge in [0.05, 0.1) is 24.2 Å². The van der Waals surface area contributed by atoms with E-state index in [-0.39, 0.29) is 0 Å². The summed E-state index contributed by atoms with van der Waals surface area (Å²) in [7, 11) is 0. The Morgan fingerprint density at radius 3 is 2.75 bits per heavy atom. The molecular formula is C19H30N4O. The predicted molar refractivity (Wildman–Crippen MR) is 99.6 cm³/mol. The van der Waals surface area contributed by atoms with Gasteiger partial charge in [-0.05, 0) is 31.5 Å². The fraction of sp³-hybridized carbons (Fsp3) is 0.632. The van der Waals surface area contributed by atoms with E-state index in [9.17, 15) is 0 Å². The standard InChI is InChI=1S/C19H30N4O/c1-2-3-6-12-23-18-9-5-4-8-17(18)21-19(23)20-10-7-11-22-13-15-24-16-14-22/h4-5,8-9H,2-3,6-7,10-16H2,1H3,(H,20,21). The normalized spacial score (nSPS) is 15.9. The smallest absolute Gasteiger partial charge is 0.203 e. The van der Waals surface area contributed by atoms with Crippen molar-refractivity contribution in [3.63, 3.8) is 0 Å². The molecule has 1 N–H and O–H groups in total. The molecule has 2 heterocycles. The van der Waals surface area contributed by atoms with Crippen molar-refractivity contribution < 1.29 is 4.74 Å². The molecule has 5 nitrogen and oxygen atoms in total. The van der Waals surface area contributed by atoms with Crippen LogP contribution >= 0.6 is 0 Å². The summed E-state index contributed by atoms with van der Waals surface area (Å²) >= 11 is 0. The molecule has 24 heavy (non-hydrogen) atoms. The van der Waals surface area contributed by atoms with E-state index in [0.717, 1.165) is 63.8 Å². The number of aromatic nitrogens is 2. The van der Waals surface area contributed by atoms with Crippen molar-refractivity contribution in [1.29, 1.82) is 0 Å². The highest BCUT2D eigenvalue weighted by molar-refractivity contribution is 5.78. The molecule has 1 aliphatic rings. The Labute approximate surface area is 145 Å². The van der Waals surface area contributed by atoms with Crippen LogP contribution in [0.5, 0.6) is 0 Å². The molecule has 1 saturated heterocycles. The van der Waals surface area contributed by atoms with Crippen molar-refractivity contribution in [3.05, 3.63) is 24.3 Å². The van der Waals surface area contributed by atoms with Crippen molar-refractivity contribution in [2.45, 2.75) is 39.2 Å². The molecule has 1 fully saturated rings. The summed E-state index contributed by atoms with van der Waals surface area (Å²) in [4.78, 5) is 7.28. The van der Waals surface area contributed by atoms with Crippen molar-refractivity contribution in [2.75, 3.05) is 44.7 Å². The average Bonchev–Trinajstić information content (AvgIpc) is 2.98. The molecule has 0 radical (unpaired) electrons. The minimum atomic E-state index is 0.876. The fourth-order valence-electron chi connectivity index (χ4n) is 3.28. The van der Waals surface area contributed by atoms with E-state index in [4.69, 9.17) is 9.72 Å². The fourth-order valence-corrected chi connectivity index (χ4v) is 3.28. The minimum Gasteiger partial charge on any atom is -0.379 e. The van der Waals surface area contributed by atoms with Gasteiger partial charge in [0.15, 0.2) is 0 Å². The van der Waals surface area contributed by atoms with Gasteiger partial charge in [-0.25, -0.2) is 4.98 Å². The summed E-state index contributed by atoms with van der Waals surface area (Å²) in [5.74, 6) is 1.02. The number of nitrogens with one attached hydrogen (secondary N) is 1. The van der Waals surface area contributed by atoms with Crippen LogP contribution in [0.25, 0.3) is 11.0 Å². The molecule has 1 aromatic carbocycles. The summed E-state index contributed by atoms with van der Waals surface area (Å²) in [6.45, 7) is 9.27. The second-order valence-corrected chi connectivity index (χ2v) is 6.52.